The van der Waals surface area contributed by atoms with E-state index in [0.717, 1.165) is 6.54 Å². The minimum atomic E-state index is 0. The third-order valence-electron chi connectivity index (χ3n) is 5.01. The molecule has 0 aromatic heterocycles. The largest absolute Gasteiger partial charge is 0.319 e. The van der Waals surface area contributed by atoms with Crippen molar-refractivity contribution in [1.82, 2.24) is 4.90 Å². The van der Waals surface area contributed by atoms with Gasteiger partial charge in [-0.3, -0.25) is 5.92 Å². The molecule has 0 spiro atoms. The van der Waals surface area contributed by atoms with Crippen LogP contribution in [0, 0.1) is 5.92 Å². The van der Waals surface area contributed by atoms with Crippen LogP contribution >= 0.6 is 0 Å². The third-order valence-corrected chi connectivity index (χ3v) is 5.01. The smallest absolute Gasteiger partial charge is 0.0298 e. The second-order valence-electron chi connectivity index (χ2n) is 6.50. The average Bonchev–Trinajstić information content (AvgIpc) is 3.00. The first-order chi connectivity index (χ1) is 10.8. The van der Waals surface area contributed by atoms with Crippen LogP contribution in [0.2, 0.25) is 0 Å². The van der Waals surface area contributed by atoms with Crippen molar-refractivity contribution in [3.8, 4) is 0 Å². The van der Waals surface area contributed by atoms with Gasteiger partial charge in [-0.05, 0) is 18.1 Å². The quantitative estimate of drug-likeness (QED) is 0.628. The molecule has 0 bridgehead atoms. The molecule has 119 valence electrons. The van der Waals surface area contributed by atoms with Gasteiger partial charge in [-0.1, -0.05) is 73.5 Å². The molecule has 1 radical (unpaired) electrons. The predicted molar refractivity (Wildman–Crippen MR) is 93.4 cm³/mol. The van der Waals surface area contributed by atoms with Gasteiger partial charge in [-0.2, -0.15) is 13.3 Å². The van der Waals surface area contributed by atoms with Crippen LogP contribution in [-0.4, -0.2) is 10.9 Å². The molecule has 23 heavy (non-hydrogen) atoms. The van der Waals surface area contributed by atoms with E-state index in [-0.39, 0.29) is 32.7 Å². The van der Waals surface area contributed by atoms with Crippen LogP contribution < -0.4 is 0 Å². The fourth-order valence-electron chi connectivity index (χ4n) is 3.67. The molecule has 0 unspecified atom stereocenters. The van der Waals surface area contributed by atoms with Crippen molar-refractivity contribution in [2.45, 2.75) is 51.7 Å². The standard InChI is InChI=1S/C21H26N.Y/c1-17-10-9-15-21(17)22(16-19-11-5-3-6-12-19)18(2)20-13-7-4-8-14-20;/h3-8,11-14,18,21H,9-10,15-16H2,1-2H3;/q-1;/t18-,21-;/m1./s1. The Hall–Kier alpha value is -0.496. The maximum Gasteiger partial charge on any atom is 0.0298 e. The van der Waals surface area contributed by atoms with E-state index in [9.17, 15) is 0 Å². The van der Waals surface area contributed by atoms with Gasteiger partial charge in [0, 0.05) is 45.3 Å². The third kappa shape index (κ3) is 4.75. The molecule has 2 aromatic carbocycles. The van der Waals surface area contributed by atoms with Crippen molar-refractivity contribution < 1.29 is 32.7 Å². The Kier molecular flexibility index (Phi) is 7.46. The molecule has 0 N–H and O–H groups in total. The van der Waals surface area contributed by atoms with E-state index in [1.165, 1.54) is 30.4 Å². The molecule has 1 aliphatic carbocycles. The second kappa shape index (κ2) is 9.11. The molecule has 1 fully saturated rings. The Morgan fingerprint density at radius 1 is 1.04 bits per heavy atom. The first-order valence-corrected chi connectivity index (χ1v) is 8.42. The van der Waals surface area contributed by atoms with Gasteiger partial charge in [-0.25, -0.2) is 0 Å². The van der Waals surface area contributed by atoms with Gasteiger partial charge >= 0.3 is 0 Å². The van der Waals surface area contributed by atoms with Gasteiger partial charge in [0.1, 0.15) is 0 Å². The van der Waals surface area contributed by atoms with Crippen molar-refractivity contribution >= 4 is 0 Å². The molecular weight excluding hydrogens is 355 g/mol. The molecular formula is C21H26NY-. The summed E-state index contributed by atoms with van der Waals surface area (Å²) in [4.78, 5) is 2.69. The van der Waals surface area contributed by atoms with Gasteiger partial charge in [0.05, 0.1) is 0 Å². The van der Waals surface area contributed by atoms with E-state index in [1.807, 2.05) is 0 Å². The first-order valence-electron chi connectivity index (χ1n) is 8.42. The SMILES string of the molecule is C[C-]1CCC[C@H]1N(Cc1ccccc1)[C@H](C)c1ccccc1.[Y]. The molecule has 1 saturated carbocycles. The zero-order valence-corrected chi connectivity index (χ0v) is 17.1. The summed E-state index contributed by atoms with van der Waals surface area (Å²) in [6.45, 7) is 5.72. The summed E-state index contributed by atoms with van der Waals surface area (Å²) in [5.41, 5.74) is 2.82. The molecule has 0 heterocycles. The van der Waals surface area contributed by atoms with E-state index >= 15 is 0 Å². The zero-order valence-electron chi connectivity index (χ0n) is 14.3. The zero-order chi connectivity index (χ0) is 15.4. The van der Waals surface area contributed by atoms with E-state index in [1.54, 1.807) is 5.92 Å². The summed E-state index contributed by atoms with van der Waals surface area (Å²) in [6, 6.07) is 22.9. The van der Waals surface area contributed by atoms with E-state index in [4.69, 9.17) is 0 Å². The molecule has 1 nitrogen and oxygen atoms in total. The Bertz CT molecular complexity index is 569. The molecule has 3 rings (SSSR count). The van der Waals surface area contributed by atoms with Crippen LogP contribution in [0.25, 0.3) is 0 Å². The van der Waals surface area contributed by atoms with Crippen molar-refractivity contribution in [1.29, 1.82) is 0 Å². The molecule has 0 saturated heterocycles. The normalized spacial score (nSPS) is 19.5. The number of rotatable bonds is 5. The molecule has 0 amide bonds. The maximum atomic E-state index is 2.69. The first kappa shape index (κ1) is 18.8. The van der Waals surface area contributed by atoms with Crippen molar-refractivity contribution in [3.63, 3.8) is 0 Å². The Morgan fingerprint density at radius 3 is 2.22 bits per heavy atom. The summed E-state index contributed by atoms with van der Waals surface area (Å²) in [6.07, 6.45) is 3.93. The minimum absolute atomic E-state index is 0. The van der Waals surface area contributed by atoms with Gasteiger partial charge in [0.2, 0.25) is 0 Å². The molecule has 0 aliphatic heterocycles. The Balaban J connectivity index is 0.00000192. The molecule has 2 atom stereocenters. The summed E-state index contributed by atoms with van der Waals surface area (Å²) >= 11 is 0. The summed E-state index contributed by atoms with van der Waals surface area (Å²) in [5.74, 6) is 1.65. The van der Waals surface area contributed by atoms with E-state index < -0.39 is 0 Å². The van der Waals surface area contributed by atoms with Crippen LogP contribution in [0.1, 0.15) is 50.3 Å². The van der Waals surface area contributed by atoms with Gasteiger partial charge in [0.15, 0.2) is 0 Å². The summed E-state index contributed by atoms with van der Waals surface area (Å²) in [7, 11) is 0. The molecule has 2 heteroatoms. The van der Waals surface area contributed by atoms with Crippen LogP contribution in [0.15, 0.2) is 60.7 Å². The van der Waals surface area contributed by atoms with E-state index in [2.05, 4.69) is 79.4 Å². The summed E-state index contributed by atoms with van der Waals surface area (Å²) < 4.78 is 0. The van der Waals surface area contributed by atoms with Crippen molar-refractivity contribution in [3.05, 3.63) is 77.7 Å². The van der Waals surface area contributed by atoms with Crippen molar-refractivity contribution in [2.75, 3.05) is 0 Å². The Labute approximate surface area is 166 Å². The van der Waals surface area contributed by atoms with Crippen LogP contribution in [-0.2, 0) is 39.3 Å². The minimum Gasteiger partial charge on any atom is -0.319 e. The van der Waals surface area contributed by atoms with E-state index in [0.29, 0.717) is 12.1 Å². The fraction of sp³-hybridized carbons (Fsp3) is 0.381. The number of hydrogen-bond donors (Lipinski definition) is 0. The molecule has 1 aliphatic rings. The number of nitrogens with zero attached hydrogens (tertiary/aromatic N) is 1. The van der Waals surface area contributed by atoms with Crippen molar-refractivity contribution in [2.24, 2.45) is 0 Å². The summed E-state index contributed by atoms with van der Waals surface area (Å²) in [5, 5.41) is 0. The van der Waals surface area contributed by atoms with Crippen LogP contribution in [0.4, 0.5) is 0 Å². The number of benzene rings is 2. The topological polar surface area (TPSA) is 3.24 Å². The average molecular weight is 381 g/mol. The van der Waals surface area contributed by atoms with Crippen LogP contribution in [0.3, 0.4) is 0 Å². The van der Waals surface area contributed by atoms with Gasteiger partial charge in [-0.15, -0.1) is 6.04 Å². The Morgan fingerprint density at radius 2 is 1.65 bits per heavy atom. The predicted octanol–water partition coefficient (Wildman–Crippen LogP) is 5.39. The fourth-order valence-corrected chi connectivity index (χ4v) is 3.67. The van der Waals surface area contributed by atoms with Gasteiger partial charge < -0.3 is 4.90 Å². The van der Waals surface area contributed by atoms with Crippen LogP contribution in [0.5, 0.6) is 0 Å². The van der Waals surface area contributed by atoms with Gasteiger partial charge in [0.25, 0.3) is 0 Å². The monoisotopic (exact) mass is 381 g/mol. The maximum absolute atomic E-state index is 2.69. The second-order valence-corrected chi connectivity index (χ2v) is 6.50. The number of hydrogen-bond acceptors (Lipinski definition) is 1. The molecule has 2 aromatic rings.